The Kier molecular flexibility index (Phi) is 3.47. The first-order valence-corrected chi connectivity index (χ1v) is 5.96. The van der Waals surface area contributed by atoms with Gasteiger partial charge in [0.2, 0.25) is 5.91 Å². The van der Waals surface area contributed by atoms with Gasteiger partial charge in [-0.25, -0.2) is 9.69 Å². The molecule has 5 heteroatoms. The molecule has 2 aliphatic heterocycles. The van der Waals surface area contributed by atoms with Crippen molar-refractivity contribution in [3.63, 3.8) is 0 Å². The number of hydrogen-bond donors (Lipinski definition) is 1. The molecule has 1 spiro atoms. The van der Waals surface area contributed by atoms with E-state index in [0.29, 0.717) is 13.0 Å². The fourth-order valence-electron chi connectivity index (χ4n) is 2.56. The second-order valence-corrected chi connectivity index (χ2v) is 4.77. The van der Waals surface area contributed by atoms with E-state index in [9.17, 15) is 9.59 Å². The lowest BCUT2D eigenvalue weighted by Crippen LogP contribution is -2.40. The largest absolute Gasteiger partial charge is 0.445 e. The normalized spacial score (nSPS) is 22.8. The monoisotopic (exact) mass is 238 g/mol. The van der Waals surface area contributed by atoms with Crippen LogP contribution in [0.2, 0.25) is 0 Å². The molecule has 2 saturated heterocycles. The predicted molar refractivity (Wildman–Crippen MR) is 62.4 cm³/mol. The van der Waals surface area contributed by atoms with Crippen molar-refractivity contribution in [1.82, 2.24) is 10.2 Å². The fourth-order valence-corrected chi connectivity index (χ4v) is 2.56. The number of imide groups is 1. The van der Waals surface area contributed by atoms with Crippen LogP contribution in [0.25, 0.3) is 0 Å². The maximum absolute atomic E-state index is 11.8. The van der Waals surface area contributed by atoms with Gasteiger partial charge in [0.15, 0.2) is 0 Å². The van der Waals surface area contributed by atoms with E-state index in [1.807, 2.05) is 0 Å². The van der Waals surface area contributed by atoms with Crippen molar-refractivity contribution in [2.24, 2.45) is 5.41 Å². The Morgan fingerprint density at radius 3 is 2.88 bits per heavy atom. The first-order chi connectivity index (χ1) is 8.17. The molecule has 0 atom stereocenters. The summed E-state index contributed by atoms with van der Waals surface area (Å²) in [5.74, 6) is -0.110. The van der Waals surface area contributed by atoms with Gasteiger partial charge in [0.05, 0.1) is 0 Å². The number of nitrogens with zero attached hydrogens (tertiary/aromatic N) is 1. The molecule has 0 aliphatic carbocycles. The topological polar surface area (TPSA) is 58.6 Å². The van der Waals surface area contributed by atoms with Crippen LogP contribution in [0.1, 0.15) is 19.3 Å². The summed E-state index contributed by atoms with van der Waals surface area (Å²) >= 11 is 0. The predicted octanol–water partition coefficient (Wildman–Crippen LogP) is 0.911. The molecule has 2 rings (SSSR count). The molecule has 5 nitrogen and oxygen atoms in total. The van der Waals surface area contributed by atoms with E-state index in [-0.39, 0.29) is 17.9 Å². The SMILES string of the molecule is C=CCOC(=O)N1CC2(CCNCC2)CC1=O. The van der Waals surface area contributed by atoms with Gasteiger partial charge in [-0.1, -0.05) is 12.7 Å². The molecule has 0 radical (unpaired) electrons. The van der Waals surface area contributed by atoms with Crippen LogP contribution in [-0.4, -0.2) is 43.1 Å². The molecular weight excluding hydrogens is 220 g/mol. The summed E-state index contributed by atoms with van der Waals surface area (Å²) in [5.41, 5.74) is -0.0183. The van der Waals surface area contributed by atoms with Crippen LogP contribution < -0.4 is 5.32 Å². The summed E-state index contributed by atoms with van der Waals surface area (Å²) in [4.78, 5) is 24.7. The molecule has 0 aromatic carbocycles. The Bertz CT molecular complexity index is 335. The number of carbonyl (C=O) groups is 2. The van der Waals surface area contributed by atoms with Crippen LogP contribution in [0.5, 0.6) is 0 Å². The highest BCUT2D eigenvalue weighted by atomic mass is 16.6. The number of likely N-dealkylation sites (tertiary alicyclic amines) is 1. The average molecular weight is 238 g/mol. The third kappa shape index (κ3) is 2.49. The minimum atomic E-state index is -0.537. The lowest BCUT2D eigenvalue weighted by atomic mass is 9.78. The minimum Gasteiger partial charge on any atom is -0.445 e. The molecule has 2 aliphatic rings. The number of carbonyl (C=O) groups excluding carboxylic acids is 2. The van der Waals surface area contributed by atoms with Crippen molar-refractivity contribution >= 4 is 12.0 Å². The molecule has 2 fully saturated rings. The maximum atomic E-state index is 11.8. The van der Waals surface area contributed by atoms with Gasteiger partial charge in [-0.3, -0.25) is 4.79 Å². The van der Waals surface area contributed by atoms with E-state index >= 15 is 0 Å². The molecule has 0 aromatic heterocycles. The van der Waals surface area contributed by atoms with Crippen LogP contribution in [-0.2, 0) is 9.53 Å². The number of piperidine rings is 1. The lowest BCUT2D eigenvalue weighted by molar-refractivity contribution is -0.126. The third-order valence-electron chi connectivity index (χ3n) is 3.53. The van der Waals surface area contributed by atoms with Crippen molar-refractivity contribution < 1.29 is 14.3 Å². The smallest absolute Gasteiger partial charge is 0.416 e. The van der Waals surface area contributed by atoms with E-state index in [0.717, 1.165) is 25.9 Å². The Hall–Kier alpha value is -1.36. The van der Waals surface area contributed by atoms with Crippen molar-refractivity contribution in [3.8, 4) is 0 Å². The van der Waals surface area contributed by atoms with Crippen LogP contribution in [0, 0.1) is 5.41 Å². The molecule has 2 amide bonds. The molecule has 0 saturated carbocycles. The summed E-state index contributed by atoms with van der Waals surface area (Å²) < 4.78 is 4.91. The van der Waals surface area contributed by atoms with Crippen molar-refractivity contribution in [2.75, 3.05) is 26.2 Å². The number of rotatable bonds is 2. The van der Waals surface area contributed by atoms with E-state index in [1.165, 1.54) is 11.0 Å². The first kappa shape index (κ1) is 12.1. The summed E-state index contributed by atoms with van der Waals surface area (Å²) in [6, 6.07) is 0. The lowest BCUT2D eigenvalue weighted by Gasteiger charge is -2.32. The van der Waals surface area contributed by atoms with Gasteiger partial charge in [-0.05, 0) is 31.3 Å². The Balaban J connectivity index is 1.98. The van der Waals surface area contributed by atoms with E-state index in [2.05, 4.69) is 11.9 Å². The average Bonchev–Trinajstić information content (AvgIpc) is 2.64. The number of hydrogen-bond acceptors (Lipinski definition) is 4. The van der Waals surface area contributed by atoms with Gasteiger partial charge in [0, 0.05) is 13.0 Å². The summed E-state index contributed by atoms with van der Waals surface area (Å²) in [7, 11) is 0. The zero-order valence-corrected chi connectivity index (χ0v) is 9.91. The van der Waals surface area contributed by atoms with E-state index in [1.54, 1.807) is 0 Å². The van der Waals surface area contributed by atoms with Crippen molar-refractivity contribution in [2.45, 2.75) is 19.3 Å². The van der Waals surface area contributed by atoms with Gasteiger partial charge >= 0.3 is 6.09 Å². The Morgan fingerprint density at radius 2 is 2.24 bits per heavy atom. The minimum absolute atomic E-state index is 0.0183. The van der Waals surface area contributed by atoms with Gasteiger partial charge in [-0.15, -0.1) is 0 Å². The number of ether oxygens (including phenoxy) is 1. The molecule has 0 unspecified atom stereocenters. The summed E-state index contributed by atoms with van der Waals surface area (Å²) in [5, 5.41) is 3.27. The maximum Gasteiger partial charge on any atom is 0.416 e. The van der Waals surface area contributed by atoms with Crippen LogP contribution in [0.3, 0.4) is 0 Å². The molecule has 0 aromatic rings. The van der Waals surface area contributed by atoms with Gasteiger partial charge < -0.3 is 10.1 Å². The van der Waals surface area contributed by atoms with Gasteiger partial charge in [-0.2, -0.15) is 0 Å². The highest BCUT2D eigenvalue weighted by molar-refractivity contribution is 5.94. The quantitative estimate of drug-likeness (QED) is 0.726. The Labute approximate surface area is 101 Å². The van der Waals surface area contributed by atoms with Crippen LogP contribution in [0.15, 0.2) is 12.7 Å². The zero-order valence-electron chi connectivity index (χ0n) is 9.91. The standard InChI is InChI=1S/C12H18N2O3/c1-2-7-17-11(16)14-9-12(8-10(14)15)3-5-13-6-4-12/h2,13H,1,3-9H2. The Morgan fingerprint density at radius 1 is 1.53 bits per heavy atom. The summed E-state index contributed by atoms with van der Waals surface area (Å²) in [6.45, 7) is 5.97. The highest BCUT2D eigenvalue weighted by Crippen LogP contribution is 2.39. The third-order valence-corrected chi connectivity index (χ3v) is 3.53. The van der Waals surface area contributed by atoms with Gasteiger partial charge in [0.25, 0.3) is 0 Å². The number of amides is 2. The molecule has 17 heavy (non-hydrogen) atoms. The van der Waals surface area contributed by atoms with Crippen molar-refractivity contribution in [1.29, 1.82) is 0 Å². The second kappa shape index (κ2) is 4.87. The van der Waals surface area contributed by atoms with Gasteiger partial charge in [0.1, 0.15) is 6.61 Å². The zero-order chi connectivity index (χ0) is 12.3. The fraction of sp³-hybridized carbons (Fsp3) is 0.667. The second-order valence-electron chi connectivity index (χ2n) is 4.77. The molecular formula is C12H18N2O3. The highest BCUT2D eigenvalue weighted by Gasteiger charge is 2.46. The number of nitrogens with one attached hydrogen (secondary N) is 1. The summed E-state index contributed by atoms with van der Waals surface area (Å²) in [6.07, 6.45) is 3.33. The van der Waals surface area contributed by atoms with Crippen molar-refractivity contribution in [3.05, 3.63) is 12.7 Å². The molecule has 1 N–H and O–H groups in total. The van der Waals surface area contributed by atoms with E-state index < -0.39 is 6.09 Å². The molecule has 0 bridgehead atoms. The molecule has 94 valence electrons. The first-order valence-electron chi connectivity index (χ1n) is 5.96. The molecule has 2 heterocycles. The van der Waals surface area contributed by atoms with Crippen LogP contribution >= 0.6 is 0 Å². The van der Waals surface area contributed by atoms with Crippen LogP contribution in [0.4, 0.5) is 4.79 Å². The van der Waals surface area contributed by atoms with E-state index in [4.69, 9.17) is 4.74 Å².